The molecule has 0 saturated heterocycles. The van der Waals surface area contributed by atoms with Gasteiger partial charge in [-0.05, 0) is 43.0 Å². The van der Waals surface area contributed by atoms with Crippen molar-refractivity contribution in [1.82, 2.24) is 0 Å². The molecule has 3 nitrogen and oxygen atoms in total. The van der Waals surface area contributed by atoms with Gasteiger partial charge in [0.05, 0.1) is 13.2 Å². The van der Waals surface area contributed by atoms with Crippen molar-refractivity contribution in [2.24, 2.45) is 0 Å². The second-order valence-electron chi connectivity index (χ2n) is 5.47. The topological polar surface area (TPSA) is 35.5 Å². The van der Waals surface area contributed by atoms with Crippen molar-refractivity contribution in [3.05, 3.63) is 59.7 Å². The molecule has 114 valence electrons. The number of ether oxygens (including phenoxy) is 2. The van der Waals surface area contributed by atoms with E-state index in [1.807, 2.05) is 48.5 Å². The van der Waals surface area contributed by atoms with Crippen LogP contribution in [0.3, 0.4) is 0 Å². The van der Waals surface area contributed by atoms with Crippen molar-refractivity contribution in [1.29, 1.82) is 0 Å². The van der Waals surface area contributed by atoms with Gasteiger partial charge in [-0.3, -0.25) is 4.79 Å². The van der Waals surface area contributed by atoms with Crippen LogP contribution in [-0.2, 0) is 6.42 Å². The van der Waals surface area contributed by atoms with Gasteiger partial charge >= 0.3 is 0 Å². The molecule has 0 amide bonds. The molecule has 1 aliphatic heterocycles. The normalized spacial score (nSPS) is 14.0. The zero-order chi connectivity index (χ0) is 15.2. The number of aryl methyl sites for hydroxylation is 1. The first-order chi connectivity index (χ1) is 10.8. The lowest BCUT2D eigenvalue weighted by molar-refractivity contribution is 0.0982. The van der Waals surface area contributed by atoms with Gasteiger partial charge in [0, 0.05) is 12.0 Å². The molecule has 0 N–H and O–H groups in total. The Bertz CT molecular complexity index is 634. The fourth-order valence-corrected chi connectivity index (χ4v) is 2.53. The van der Waals surface area contributed by atoms with Crippen LogP contribution in [0.4, 0.5) is 0 Å². The molecule has 2 aromatic rings. The van der Waals surface area contributed by atoms with E-state index in [-0.39, 0.29) is 5.78 Å². The highest BCUT2D eigenvalue weighted by Gasteiger charge is 2.13. The fourth-order valence-electron chi connectivity index (χ4n) is 2.53. The number of benzene rings is 2. The zero-order valence-electron chi connectivity index (χ0n) is 12.6. The first kappa shape index (κ1) is 14.6. The third-order valence-corrected chi connectivity index (χ3v) is 3.80. The van der Waals surface area contributed by atoms with E-state index >= 15 is 0 Å². The maximum absolute atomic E-state index is 12.4. The highest BCUT2D eigenvalue weighted by Crippen LogP contribution is 2.30. The van der Waals surface area contributed by atoms with Crippen LogP contribution in [-0.4, -0.2) is 19.0 Å². The van der Waals surface area contributed by atoms with Crippen molar-refractivity contribution in [3.63, 3.8) is 0 Å². The lowest BCUT2D eigenvalue weighted by Gasteiger charge is -2.17. The summed E-state index contributed by atoms with van der Waals surface area (Å²) in [5.74, 6) is 1.56. The number of hydrogen-bond donors (Lipinski definition) is 0. The fraction of sp³-hybridized carbons (Fsp3) is 0.316. The van der Waals surface area contributed by atoms with Gasteiger partial charge in [-0.1, -0.05) is 30.3 Å². The van der Waals surface area contributed by atoms with Crippen LogP contribution in [0.1, 0.15) is 35.2 Å². The minimum Gasteiger partial charge on any atom is -0.490 e. The van der Waals surface area contributed by atoms with Gasteiger partial charge in [-0.2, -0.15) is 0 Å². The maximum Gasteiger partial charge on any atom is 0.163 e. The van der Waals surface area contributed by atoms with Gasteiger partial charge in [0.2, 0.25) is 0 Å². The van der Waals surface area contributed by atoms with Crippen molar-refractivity contribution in [2.45, 2.75) is 25.7 Å². The third kappa shape index (κ3) is 3.67. The number of carbonyl (C=O) groups excluding carboxylic acids is 1. The Kier molecular flexibility index (Phi) is 4.74. The predicted molar refractivity (Wildman–Crippen MR) is 85.8 cm³/mol. The van der Waals surface area contributed by atoms with Crippen LogP contribution < -0.4 is 9.47 Å². The highest BCUT2D eigenvalue weighted by atomic mass is 16.5. The van der Waals surface area contributed by atoms with E-state index in [0.717, 1.165) is 25.0 Å². The van der Waals surface area contributed by atoms with Gasteiger partial charge in [-0.15, -0.1) is 0 Å². The molecule has 0 radical (unpaired) electrons. The highest BCUT2D eigenvalue weighted by molar-refractivity contribution is 5.96. The molecule has 2 aromatic carbocycles. The van der Waals surface area contributed by atoms with Crippen molar-refractivity contribution in [3.8, 4) is 11.5 Å². The molecule has 0 aliphatic carbocycles. The second kappa shape index (κ2) is 7.12. The Balaban J connectivity index is 1.68. The summed E-state index contributed by atoms with van der Waals surface area (Å²) in [4.78, 5) is 12.4. The SMILES string of the molecule is O=C(CCc1ccccc1)c1ccc2c(c1)OCCCCO2. The van der Waals surface area contributed by atoms with Crippen molar-refractivity contribution < 1.29 is 14.3 Å². The molecule has 1 heterocycles. The number of Topliss-reactive ketones (excluding diaryl/α,β-unsaturated/α-hetero) is 1. The van der Waals surface area contributed by atoms with Gasteiger partial charge < -0.3 is 9.47 Å². The van der Waals surface area contributed by atoms with E-state index in [2.05, 4.69) is 0 Å². The van der Waals surface area contributed by atoms with Crippen LogP contribution in [0, 0.1) is 0 Å². The molecule has 1 aliphatic rings. The van der Waals surface area contributed by atoms with Crippen LogP contribution in [0.25, 0.3) is 0 Å². The molecular formula is C19H20O3. The number of hydrogen-bond acceptors (Lipinski definition) is 3. The summed E-state index contributed by atoms with van der Waals surface area (Å²) in [6.45, 7) is 1.38. The Hall–Kier alpha value is -2.29. The minimum absolute atomic E-state index is 0.136. The molecule has 0 bridgehead atoms. The predicted octanol–water partition coefficient (Wildman–Crippen LogP) is 4.05. The summed E-state index contributed by atoms with van der Waals surface area (Å²) in [6.07, 6.45) is 3.24. The van der Waals surface area contributed by atoms with Gasteiger partial charge in [0.25, 0.3) is 0 Å². The second-order valence-corrected chi connectivity index (χ2v) is 5.47. The lowest BCUT2D eigenvalue weighted by atomic mass is 10.0. The van der Waals surface area contributed by atoms with Crippen LogP contribution in [0.2, 0.25) is 0 Å². The molecule has 0 fully saturated rings. The Morgan fingerprint density at radius 2 is 1.64 bits per heavy atom. The van der Waals surface area contributed by atoms with E-state index in [1.165, 1.54) is 5.56 Å². The first-order valence-electron chi connectivity index (χ1n) is 7.80. The maximum atomic E-state index is 12.4. The lowest BCUT2D eigenvalue weighted by Crippen LogP contribution is -2.09. The van der Waals surface area contributed by atoms with Gasteiger partial charge in [-0.25, -0.2) is 0 Å². The molecular weight excluding hydrogens is 276 g/mol. The zero-order valence-corrected chi connectivity index (χ0v) is 12.6. The number of rotatable bonds is 4. The summed E-state index contributed by atoms with van der Waals surface area (Å²) in [5.41, 5.74) is 1.88. The molecule has 0 aromatic heterocycles. The Labute approximate surface area is 130 Å². The monoisotopic (exact) mass is 296 g/mol. The van der Waals surface area contributed by atoms with Crippen LogP contribution in [0.5, 0.6) is 11.5 Å². The van der Waals surface area contributed by atoms with Crippen LogP contribution >= 0.6 is 0 Å². The van der Waals surface area contributed by atoms with Gasteiger partial charge in [0.1, 0.15) is 0 Å². The van der Waals surface area contributed by atoms with E-state index in [9.17, 15) is 4.79 Å². The summed E-state index contributed by atoms with van der Waals surface area (Å²) in [5, 5.41) is 0. The minimum atomic E-state index is 0.136. The van der Waals surface area contributed by atoms with Crippen molar-refractivity contribution >= 4 is 5.78 Å². The number of ketones is 1. The Morgan fingerprint density at radius 1 is 0.909 bits per heavy atom. The van der Waals surface area contributed by atoms with E-state index in [1.54, 1.807) is 0 Å². The molecule has 22 heavy (non-hydrogen) atoms. The number of fused-ring (bicyclic) bond motifs is 1. The molecule has 0 unspecified atom stereocenters. The first-order valence-corrected chi connectivity index (χ1v) is 7.80. The van der Waals surface area contributed by atoms with E-state index < -0.39 is 0 Å². The summed E-state index contributed by atoms with van der Waals surface area (Å²) in [6, 6.07) is 15.6. The molecule has 0 saturated carbocycles. The van der Waals surface area contributed by atoms with Crippen molar-refractivity contribution in [2.75, 3.05) is 13.2 Å². The Morgan fingerprint density at radius 3 is 2.41 bits per heavy atom. The van der Waals surface area contributed by atoms with Crippen LogP contribution in [0.15, 0.2) is 48.5 Å². The summed E-state index contributed by atoms with van der Waals surface area (Å²) < 4.78 is 11.4. The van der Waals surface area contributed by atoms with E-state index in [0.29, 0.717) is 30.9 Å². The smallest absolute Gasteiger partial charge is 0.163 e. The third-order valence-electron chi connectivity index (χ3n) is 3.80. The average Bonchev–Trinajstić information content (AvgIpc) is 2.54. The molecule has 0 atom stereocenters. The quantitative estimate of drug-likeness (QED) is 0.798. The molecule has 0 spiro atoms. The largest absolute Gasteiger partial charge is 0.490 e. The van der Waals surface area contributed by atoms with Gasteiger partial charge in [0.15, 0.2) is 17.3 Å². The average molecular weight is 296 g/mol. The number of carbonyl (C=O) groups is 1. The standard InChI is InChI=1S/C19H20O3/c20-17(10-8-15-6-2-1-3-7-15)16-9-11-18-19(14-16)22-13-5-4-12-21-18/h1-3,6-7,9,11,14H,4-5,8,10,12-13H2. The van der Waals surface area contributed by atoms with E-state index in [4.69, 9.17) is 9.47 Å². The molecule has 3 rings (SSSR count). The summed E-state index contributed by atoms with van der Waals surface area (Å²) in [7, 11) is 0. The summed E-state index contributed by atoms with van der Waals surface area (Å²) >= 11 is 0. The molecule has 3 heteroatoms.